The third-order valence-electron chi connectivity index (χ3n) is 2.56. The first kappa shape index (κ1) is 12.3. The van der Waals surface area contributed by atoms with E-state index in [9.17, 15) is 0 Å². The number of hydrogen-bond acceptors (Lipinski definition) is 3. The van der Waals surface area contributed by atoms with Crippen molar-refractivity contribution in [3.05, 3.63) is 16.7 Å². The Morgan fingerprint density at radius 3 is 2.80 bits per heavy atom. The van der Waals surface area contributed by atoms with Gasteiger partial charge in [0, 0.05) is 23.8 Å². The normalized spacial score (nSPS) is 12.5. The summed E-state index contributed by atoms with van der Waals surface area (Å²) in [6, 6.07) is 2.35. The van der Waals surface area contributed by atoms with Gasteiger partial charge in [0.2, 0.25) is 0 Å². The Hall–Kier alpha value is -0.770. The molecular weight excluding hydrogens is 254 g/mol. The van der Waals surface area contributed by atoms with Gasteiger partial charge in [0.15, 0.2) is 5.82 Å². The molecule has 0 saturated carbocycles. The van der Waals surface area contributed by atoms with Crippen LogP contribution in [-0.4, -0.2) is 18.1 Å². The molecule has 4 heteroatoms. The largest absolute Gasteiger partial charge is 0.396 e. The zero-order chi connectivity index (χ0) is 11.4. The second kappa shape index (κ2) is 5.35. The van der Waals surface area contributed by atoms with E-state index in [0.29, 0.717) is 6.04 Å². The van der Waals surface area contributed by atoms with E-state index in [1.54, 1.807) is 6.20 Å². The van der Waals surface area contributed by atoms with Gasteiger partial charge < -0.3 is 10.6 Å². The number of hydrogen-bond donors (Lipinski definition) is 1. The molecule has 1 aromatic heterocycles. The van der Waals surface area contributed by atoms with E-state index >= 15 is 0 Å². The monoisotopic (exact) mass is 271 g/mol. The lowest BCUT2D eigenvalue weighted by atomic mass is 10.1. The highest BCUT2D eigenvalue weighted by atomic mass is 79.9. The van der Waals surface area contributed by atoms with Crippen LogP contribution >= 0.6 is 15.9 Å². The lowest BCUT2D eigenvalue weighted by Crippen LogP contribution is -2.30. The van der Waals surface area contributed by atoms with Crippen LogP contribution in [-0.2, 0) is 0 Å². The predicted molar refractivity (Wildman–Crippen MR) is 69.1 cm³/mol. The second-order valence-electron chi connectivity index (χ2n) is 3.81. The minimum absolute atomic E-state index is 0.464. The summed E-state index contributed by atoms with van der Waals surface area (Å²) in [7, 11) is 2.03. The summed E-state index contributed by atoms with van der Waals surface area (Å²) in [4.78, 5) is 6.47. The molecule has 0 aliphatic heterocycles. The van der Waals surface area contributed by atoms with Gasteiger partial charge in [0.25, 0.3) is 0 Å². The van der Waals surface area contributed by atoms with E-state index in [1.165, 1.54) is 6.42 Å². The highest BCUT2D eigenvalue weighted by Crippen LogP contribution is 2.24. The van der Waals surface area contributed by atoms with Crippen molar-refractivity contribution in [1.29, 1.82) is 0 Å². The van der Waals surface area contributed by atoms with Gasteiger partial charge in [-0.25, -0.2) is 4.98 Å². The molecule has 1 unspecified atom stereocenters. The molecule has 0 radical (unpaired) electrons. The van der Waals surface area contributed by atoms with Crippen molar-refractivity contribution in [2.24, 2.45) is 0 Å². The molecule has 1 rings (SSSR count). The summed E-state index contributed by atoms with van der Waals surface area (Å²) >= 11 is 3.35. The van der Waals surface area contributed by atoms with Gasteiger partial charge in [0.05, 0.1) is 5.69 Å². The van der Waals surface area contributed by atoms with Crippen LogP contribution in [0.3, 0.4) is 0 Å². The number of halogens is 1. The first-order valence-electron chi connectivity index (χ1n) is 5.20. The number of nitrogens with zero attached hydrogens (tertiary/aromatic N) is 2. The summed E-state index contributed by atoms with van der Waals surface area (Å²) in [6.07, 6.45) is 4.09. The van der Waals surface area contributed by atoms with Crippen LogP contribution in [0.4, 0.5) is 11.5 Å². The van der Waals surface area contributed by atoms with Crippen molar-refractivity contribution in [2.45, 2.75) is 32.7 Å². The van der Waals surface area contributed by atoms with Crippen LogP contribution in [0.25, 0.3) is 0 Å². The quantitative estimate of drug-likeness (QED) is 0.916. The van der Waals surface area contributed by atoms with Gasteiger partial charge >= 0.3 is 0 Å². The first-order valence-corrected chi connectivity index (χ1v) is 5.99. The van der Waals surface area contributed by atoms with E-state index in [4.69, 9.17) is 5.73 Å². The minimum atomic E-state index is 0.464. The van der Waals surface area contributed by atoms with Gasteiger partial charge in [-0.1, -0.05) is 13.3 Å². The summed E-state index contributed by atoms with van der Waals surface area (Å²) < 4.78 is 0.917. The van der Waals surface area contributed by atoms with Crippen molar-refractivity contribution in [1.82, 2.24) is 4.98 Å². The number of rotatable bonds is 4. The zero-order valence-electron chi connectivity index (χ0n) is 9.50. The highest BCUT2D eigenvalue weighted by Gasteiger charge is 2.12. The van der Waals surface area contributed by atoms with Crippen LogP contribution in [0.5, 0.6) is 0 Å². The molecule has 0 saturated heterocycles. The number of nitrogens with two attached hydrogens (primary N) is 1. The van der Waals surface area contributed by atoms with Crippen molar-refractivity contribution < 1.29 is 0 Å². The number of pyridine rings is 1. The van der Waals surface area contributed by atoms with E-state index < -0.39 is 0 Å². The third kappa shape index (κ3) is 3.09. The molecule has 1 atom stereocenters. The van der Waals surface area contributed by atoms with Crippen LogP contribution < -0.4 is 10.6 Å². The van der Waals surface area contributed by atoms with Gasteiger partial charge in [-0.15, -0.1) is 0 Å². The molecule has 0 aliphatic rings. The Kier molecular flexibility index (Phi) is 4.39. The third-order valence-corrected chi connectivity index (χ3v) is 3.00. The molecule has 0 aliphatic carbocycles. The van der Waals surface area contributed by atoms with E-state index in [2.05, 4.69) is 39.7 Å². The summed E-state index contributed by atoms with van der Waals surface area (Å²) in [5.74, 6) is 0.860. The Labute approximate surface area is 99.8 Å². The lowest BCUT2D eigenvalue weighted by Gasteiger charge is -2.26. The maximum Gasteiger partial charge on any atom is 0.151 e. The summed E-state index contributed by atoms with van der Waals surface area (Å²) in [5, 5.41) is 0. The topological polar surface area (TPSA) is 42.2 Å². The average Bonchev–Trinajstić information content (AvgIpc) is 2.17. The molecule has 2 N–H and O–H groups in total. The molecule has 1 heterocycles. The maximum atomic E-state index is 5.92. The molecule has 84 valence electrons. The molecule has 1 aromatic rings. The lowest BCUT2D eigenvalue weighted by molar-refractivity contribution is 0.612. The molecule has 15 heavy (non-hydrogen) atoms. The fourth-order valence-electron chi connectivity index (χ4n) is 1.56. The number of aromatic nitrogens is 1. The standard InChI is InChI=1S/C11H18BrN3/c1-4-5-8(2)15(3)11-10(13)6-9(12)7-14-11/h6-8H,4-5,13H2,1-3H3. The van der Waals surface area contributed by atoms with Crippen LogP contribution in [0.1, 0.15) is 26.7 Å². The molecule has 0 fully saturated rings. The SMILES string of the molecule is CCCC(C)N(C)c1ncc(Br)cc1N. The van der Waals surface area contributed by atoms with Gasteiger partial charge in [-0.05, 0) is 35.3 Å². The number of anilines is 2. The molecular formula is C11H18BrN3. The Balaban J connectivity index is 2.86. The highest BCUT2D eigenvalue weighted by molar-refractivity contribution is 9.10. The van der Waals surface area contributed by atoms with E-state index in [1.807, 2.05) is 13.1 Å². The van der Waals surface area contributed by atoms with E-state index in [0.717, 1.165) is 22.4 Å². The molecule has 0 amide bonds. The Bertz CT molecular complexity index is 328. The Morgan fingerprint density at radius 2 is 2.27 bits per heavy atom. The molecule has 0 bridgehead atoms. The molecule has 0 aromatic carbocycles. The van der Waals surface area contributed by atoms with Crippen LogP contribution in [0, 0.1) is 0 Å². The smallest absolute Gasteiger partial charge is 0.151 e. The summed E-state index contributed by atoms with van der Waals surface area (Å²) in [5.41, 5.74) is 6.64. The van der Waals surface area contributed by atoms with Crippen molar-refractivity contribution >= 4 is 27.4 Å². The molecule has 3 nitrogen and oxygen atoms in total. The average molecular weight is 272 g/mol. The number of nitrogen functional groups attached to an aromatic ring is 1. The fraction of sp³-hybridized carbons (Fsp3) is 0.545. The second-order valence-corrected chi connectivity index (χ2v) is 4.73. The van der Waals surface area contributed by atoms with Crippen molar-refractivity contribution in [3.63, 3.8) is 0 Å². The first-order chi connectivity index (χ1) is 7.06. The van der Waals surface area contributed by atoms with Gasteiger partial charge in [0.1, 0.15) is 0 Å². The van der Waals surface area contributed by atoms with Crippen molar-refractivity contribution in [3.8, 4) is 0 Å². The fourth-order valence-corrected chi connectivity index (χ4v) is 1.91. The van der Waals surface area contributed by atoms with Crippen LogP contribution in [0.15, 0.2) is 16.7 Å². The van der Waals surface area contributed by atoms with Crippen LogP contribution in [0.2, 0.25) is 0 Å². The minimum Gasteiger partial charge on any atom is -0.396 e. The zero-order valence-corrected chi connectivity index (χ0v) is 11.1. The Morgan fingerprint density at radius 1 is 1.60 bits per heavy atom. The van der Waals surface area contributed by atoms with E-state index in [-0.39, 0.29) is 0 Å². The maximum absolute atomic E-state index is 5.92. The van der Waals surface area contributed by atoms with Gasteiger partial charge in [-0.2, -0.15) is 0 Å². The predicted octanol–water partition coefficient (Wildman–Crippen LogP) is 3.05. The molecule has 0 spiro atoms. The van der Waals surface area contributed by atoms with Gasteiger partial charge in [-0.3, -0.25) is 0 Å². The van der Waals surface area contributed by atoms with Crippen molar-refractivity contribution in [2.75, 3.05) is 17.7 Å². The summed E-state index contributed by atoms with van der Waals surface area (Å²) in [6.45, 7) is 4.37.